The van der Waals surface area contributed by atoms with Crippen molar-refractivity contribution in [3.05, 3.63) is 64.6 Å². The number of fused-ring (bicyclic) bond motifs is 1. The molecule has 28 heavy (non-hydrogen) atoms. The Morgan fingerprint density at radius 3 is 2.54 bits per heavy atom. The Labute approximate surface area is 177 Å². The monoisotopic (exact) mass is 458 g/mol. The molecule has 1 amide bonds. The first kappa shape index (κ1) is 20.1. The predicted octanol–water partition coefficient (Wildman–Crippen LogP) is 5.14. The maximum atomic E-state index is 12.8. The zero-order chi connectivity index (χ0) is 20.1. The van der Waals surface area contributed by atoms with Crippen LogP contribution in [0.15, 0.2) is 59.1 Å². The van der Waals surface area contributed by atoms with Crippen molar-refractivity contribution in [1.29, 1.82) is 0 Å². The number of hydrogen-bond acceptors (Lipinski definition) is 4. The quantitative estimate of drug-likeness (QED) is 0.518. The van der Waals surface area contributed by atoms with Crippen LogP contribution in [-0.4, -0.2) is 24.7 Å². The molecule has 0 radical (unpaired) electrons. The molecule has 2 N–H and O–H groups in total. The first-order valence-electron chi connectivity index (χ1n) is 8.64. The van der Waals surface area contributed by atoms with E-state index in [0.717, 1.165) is 26.7 Å². The van der Waals surface area contributed by atoms with Gasteiger partial charge in [-0.15, -0.1) is 0 Å². The summed E-state index contributed by atoms with van der Waals surface area (Å²) in [6.07, 6.45) is 0. The van der Waals surface area contributed by atoms with Gasteiger partial charge in [-0.05, 0) is 76.2 Å². The molecule has 0 aliphatic rings. The highest BCUT2D eigenvalue weighted by Crippen LogP contribution is 2.36. The number of methoxy groups -OCH3 is 1. The molecule has 0 aromatic heterocycles. The summed E-state index contributed by atoms with van der Waals surface area (Å²) in [5.41, 5.74) is 1.14. The van der Waals surface area contributed by atoms with Gasteiger partial charge in [0, 0.05) is 5.69 Å². The molecule has 0 bridgehead atoms. The van der Waals surface area contributed by atoms with Gasteiger partial charge in [0.15, 0.2) is 5.11 Å². The maximum Gasteiger partial charge on any atom is 0.261 e. The third-order valence-electron chi connectivity index (χ3n) is 4.04. The van der Waals surface area contributed by atoms with E-state index < -0.39 is 0 Å². The second-order valence-corrected chi connectivity index (χ2v) is 7.06. The summed E-state index contributed by atoms with van der Waals surface area (Å²) < 4.78 is 11.6. The summed E-state index contributed by atoms with van der Waals surface area (Å²) in [5.74, 6) is 0.876. The van der Waals surface area contributed by atoms with E-state index in [-0.39, 0.29) is 11.0 Å². The van der Waals surface area contributed by atoms with Gasteiger partial charge in [-0.25, -0.2) is 0 Å². The molecule has 0 heterocycles. The van der Waals surface area contributed by atoms with Crippen molar-refractivity contribution in [2.45, 2.75) is 6.92 Å². The molecule has 0 aliphatic heterocycles. The SMILES string of the molecule is CCOc1ccc(NC(=S)NC(=O)c2cc3ccccc3c(Br)c2OC)cc1. The highest BCUT2D eigenvalue weighted by Gasteiger charge is 2.19. The van der Waals surface area contributed by atoms with Crippen LogP contribution in [0.25, 0.3) is 10.8 Å². The van der Waals surface area contributed by atoms with Crippen molar-refractivity contribution in [2.24, 2.45) is 0 Å². The molecule has 3 aromatic carbocycles. The van der Waals surface area contributed by atoms with Crippen molar-refractivity contribution in [1.82, 2.24) is 5.32 Å². The van der Waals surface area contributed by atoms with Gasteiger partial charge in [0.2, 0.25) is 0 Å². The number of amides is 1. The molecule has 0 saturated heterocycles. The number of halogens is 1. The van der Waals surface area contributed by atoms with Crippen molar-refractivity contribution in [3.8, 4) is 11.5 Å². The Kier molecular flexibility index (Phi) is 6.49. The molecular formula is C21H19BrN2O3S. The van der Waals surface area contributed by atoms with Gasteiger partial charge in [-0.2, -0.15) is 0 Å². The number of nitrogens with one attached hydrogen (secondary N) is 2. The van der Waals surface area contributed by atoms with Crippen LogP contribution in [0.5, 0.6) is 11.5 Å². The first-order chi connectivity index (χ1) is 13.5. The fourth-order valence-corrected chi connectivity index (χ4v) is 3.73. The lowest BCUT2D eigenvalue weighted by molar-refractivity contribution is 0.0975. The van der Waals surface area contributed by atoms with Crippen LogP contribution in [0, 0.1) is 0 Å². The van der Waals surface area contributed by atoms with Gasteiger partial charge < -0.3 is 14.8 Å². The van der Waals surface area contributed by atoms with Crippen LogP contribution >= 0.6 is 28.1 Å². The van der Waals surface area contributed by atoms with E-state index >= 15 is 0 Å². The van der Waals surface area contributed by atoms with Crippen molar-refractivity contribution < 1.29 is 14.3 Å². The number of hydrogen-bond donors (Lipinski definition) is 2. The number of ether oxygens (including phenoxy) is 2. The van der Waals surface area contributed by atoms with Gasteiger partial charge in [0.25, 0.3) is 5.91 Å². The van der Waals surface area contributed by atoms with Crippen molar-refractivity contribution >= 4 is 55.6 Å². The van der Waals surface area contributed by atoms with Crippen molar-refractivity contribution in [2.75, 3.05) is 19.0 Å². The molecule has 0 saturated carbocycles. The minimum Gasteiger partial charge on any atom is -0.495 e. The highest BCUT2D eigenvalue weighted by atomic mass is 79.9. The summed E-state index contributed by atoms with van der Waals surface area (Å²) in [4.78, 5) is 12.8. The van der Waals surface area contributed by atoms with Crippen molar-refractivity contribution in [3.63, 3.8) is 0 Å². The van der Waals surface area contributed by atoms with E-state index in [1.54, 1.807) is 6.07 Å². The summed E-state index contributed by atoms with van der Waals surface area (Å²) in [5, 5.41) is 7.77. The third kappa shape index (κ3) is 4.43. The Morgan fingerprint density at radius 2 is 1.86 bits per heavy atom. The molecule has 0 aliphatic carbocycles. The van der Waals surface area contributed by atoms with E-state index in [4.69, 9.17) is 21.7 Å². The Balaban J connectivity index is 1.77. The lowest BCUT2D eigenvalue weighted by Crippen LogP contribution is -2.34. The summed E-state index contributed by atoms with van der Waals surface area (Å²) in [6.45, 7) is 2.53. The van der Waals surface area contributed by atoms with Crippen LogP contribution < -0.4 is 20.1 Å². The minimum absolute atomic E-state index is 0.195. The molecule has 7 heteroatoms. The number of carbonyl (C=O) groups excluding carboxylic acids is 1. The van der Waals surface area contributed by atoms with E-state index in [1.807, 2.05) is 55.5 Å². The fourth-order valence-electron chi connectivity index (χ4n) is 2.79. The second kappa shape index (κ2) is 9.03. The number of benzene rings is 3. The fraction of sp³-hybridized carbons (Fsp3) is 0.143. The standard InChI is InChI=1S/C21H19BrN2O3S/c1-3-27-15-10-8-14(9-11-15)23-21(28)24-20(25)17-12-13-6-4-5-7-16(13)18(22)19(17)26-2/h4-12H,3H2,1-2H3,(H2,23,24,25,28). The molecule has 0 fully saturated rings. The highest BCUT2D eigenvalue weighted by molar-refractivity contribution is 9.10. The summed E-state index contributed by atoms with van der Waals surface area (Å²) in [7, 11) is 1.53. The largest absolute Gasteiger partial charge is 0.495 e. The minimum atomic E-state index is -0.355. The van der Waals surface area contributed by atoms with Crippen LogP contribution in [0.4, 0.5) is 5.69 Å². The van der Waals surface area contributed by atoms with Crippen LogP contribution in [0.2, 0.25) is 0 Å². The van der Waals surface area contributed by atoms with E-state index in [9.17, 15) is 4.79 Å². The Morgan fingerprint density at radius 1 is 1.14 bits per heavy atom. The second-order valence-electron chi connectivity index (χ2n) is 5.86. The van der Waals surface area contributed by atoms with Gasteiger partial charge in [0.1, 0.15) is 11.5 Å². The zero-order valence-electron chi connectivity index (χ0n) is 15.4. The topological polar surface area (TPSA) is 59.6 Å². The smallest absolute Gasteiger partial charge is 0.261 e. The molecule has 0 spiro atoms. The molecular weight excluding hydrogens is 440 g/mol. The molecule has 0 unspecified atom stereocenters. The predicted molar refractivity (Wildman–Crippen MR) is 119 cm³/mol. The third-order valence-corrected chi connectivity index (χ3v) is 5.03. The van der Waals surface area contributed by atoms with Gasteiger partial charge in [0.05, 0.1) is 23.8 Å². The number of anilines is 1. The van der Waals surface area contributed by atoms with Gasteiger partial charge in [-0.1, -0.05) is 24.3 Å². The first-order valence-corrected chi connectivity index (χ1v) is 9.84. The molecule has 144 valence electrons. The van der Waals surface area contributed by atoms with Crippen LogP contribution in [0.3, 0.4) is 0 Å². The van der Waals surface area contributed by atoms with Crippen LogP contribution in [-0.2, 0) is 0 Å². The average Bonchev–Trinajstić information content (AvgIpc) is 2.69. The van der Waals surface area contributed by atoms with Gasteiger partial charge in [-0.3, -0.25) is 10.1 Å². The molecule has 3 aromatic rings. The molecule has 3 rings (SSSR count). The van der Waals surface area contributed by atoms with Crippen LogP contribution in [0.1, 0.15) is 17.3 Å². The Hall–Kier alpha value is -2.64. The normalized spacial score (nSPS) is 10.4. The van der Waals surface area contributed by atoms with E-state index in [2.05, 4.69) is 26.6 Å². The summed E-state index contributed by atoms with van der Waals surface area (Å²) in [6, 6.07) is 16.9. The van der Waals surface area contributed by atoms with E-state index in [0.29, 0.717) is 17.9 Å². The lowest BCUT2D eigenvalue weighted by atomic mass is 10.1. The number of rotatable bonds is 5. The van der Waals surface area contributed by atoms with Gasteiger partial charge >= 0.3 is 0 Å². The Bertz CT molecular complexity index is 1020. The molecule has 0 atom stereocenters. The lowest BCUT2D eigenvalue weighted by Gasteiger charge is -2.14. The number of carbonyl (C=O) groups is 1. The zero-order valence-corrected chi connectivity index (χ0v) is 17.8. The molecule has 5 nitrogen and oxygen atoms in total. The average molecular weight is 459 g/mol. The maximum absolute atomic E-state index is 12.8. The summed E-state index contributed by atoms with van der Waals surface area (Å²) >= 11 is 8.81. The number of thiocarbonyl (C=S) groups is 1. The van der Waals surface area contributed by atoms with E-state index in [1.165, 1.54) is 7.11 Å².